The zero-order chi connectivity index (χ0) is 22.5. The van der Waals surface area contributed by atoms with Crippen LogP contribution in [0.25, 0.3) is 17.0 Å². The molecule has 7 nitrogen and oxygen atoms in total. The molecule has 1 aliphatic heterocycles. The van der Waals surface area contributed by atoms with Crippen LogP contribution in [0.5, 0.6) is 0 Å². The molecule has 1 aliphatic rings. The molecular formula is C23H19ClN4O3S. The standard InChI is InChI=1S/C23H19ClN4O3S/c1-31-13-21(29)26-12-15-4-6-17(24)19(10-15)27-23-28-22(30)20(32-23)11-14-5-7-18-16(9-14)3-2-8-25-18/h2-11H,12-13H2,1H3,(H,26,29)(H,27,28,30)/b20-11+. The lowest BCUT2D eigenvalue weighted by atomic mass is 10.1. The molecule has 9 heteroatoms. The number of halogens is 1. The maximum Gasteiger partial charge on any atom is 0.264 e. The van der Waals surface area contributed by atoms with Crippen molar-refractivity contribution in [3.63, 3.8) is 0 Å². The molecule has 3 aromatic rings. The van der Waals surface area contributed by atoms with E-state index in [2.05, 4.69) is 20.6 Å². The minimum Gasteiger partial charge on any atom is -0.375 e. The first-order valence-corrected chi connectivity index (χ1v) is 10.9. The van der Waals surface area contributed by atoms with Gasteiger partial charge in [-0.25, -0.2) is 4.99 Å². The average Bonchev–Trinajstić information content (AvgIpc) is 3.13. The summed E-state index contributed by atoms with van der Waals surface area (Å²) < 4.78 is 4.80. The number of aromatic nitrogens is 1. The number of fused-ring (bicyclic) bond motifs is 1. The summed E-state index contributed by atoms with van der Waals surface area (Å²) in [5, 5.41) is 7.40. The Morgan fingerprint density at radius 1 is 1.28 bits per heavy atom. The SMILES string of the molecule is COCC(=O)NCc1ccc(Cl)c(N=C2NC(=O)/C(=C\c3ccc4ncccc4c3)S2)c1. The number of ether oxygens (including phenoxy) is 1. The normalized spacial score (nSPS) is 16.0. The van der Waals surface area contributed by atoms with Gasteiger partial charge in [-0.2, -0.15) is 0 Å². The lowest BCUT2D eigenvalue weighted by molar-refractivity contribution is -0.124. The number of aliphatic imine (C=N–C) groups is 1. The fourth-order valence-corrected chi connectivity index (χ4v) is 4.06. The first-order chi connectivity index (χ1) is 15.5. The second-order valence-electron chi connectivity index (χ2n) is 6.93. The highest BCUT2D eigenvalue weighted by molar-refractivity contribution is 8.18. The second-order valence-corrected chi connectivity index (χ2v) is 8.37. The van der Waals surface area contributed by atoms with Gasteiger partial charge in [-0.05, 0) is 59.3 Å². The Morgan fingerprint density at radius 2 is 2.16 bits per heavy atom. The van der Waals surface area contributed by atoms with Crippen LogP contribution in [0, 0.1) is 0 Å². The zero-order valence-corrected chi connectivity index (χ0v) is 18.7. The maximum atomic E-state index is 12.4. The number of rotatable bonds is 6. The van der Waals surface area contributed by atoms with Crippen molar-refractivity contribution in [2.24, 2.45) is 4.99 Å². The van der Waals surface area contributed by atoms with Crippen molar-refractivity contribution in [3.05, 3.63) is 75.8 Å². The fraction of sp³-hybridized carbons (Fsp3) is 0.130. The van der Waals surface area contributed by atoms with Crippen LogP contribution in [-0.2, 0) is 20.9 Å². The van der Waals surface area contributed by atoms with Crippen LogP contribution >= 0.6 is 23.4 Å². The van der Waals surface area contributed by atoms with Crippen molar-refractivity contribution in [1.29, 1.82) is 0 Å². The van der Waals surface area contributed by atoms with Gasteiger partial charge in [-0.3, -0.25) is 14.6 Å². The number of amides is 2. The van der Waals surface area contributed by atoms with Gasteiger partial charge in [0.25, 0.3) is 5.91 Å². The molecule has 1 fully saturated rings. The Balaban J connectivity index is 1.51. The molecule has 1 aromatic heterocycles. The summed E-state index contributed by atoms with van der Waals surface area (Å²) in [7, 11) is 1.46. The van der Waals surface area contributed by atoms with Gasteiger partial charge in [0.05, 0.1) is 21.1 Å². The monoisotopic (exact) mass is 466 g/mol. The van der Waals surface area contributed by atoms with E-state index < -0.39 is 0 Å². The van der Waals surface area contributed by atoms with Gasteiger partial charge >= 0.3 is 0 Å². The molecular weight excluding hydrogens is 448 g/mol. The first kappa shape index (κ1) is 22.0. The Labute approximate surface area is 193 Å². The Kier molecular flexibility index (Phi) is 6.84. The van der Waals surface area contributed by atoms with Crippen molar-refractivity contribution in [2.45, 2.75) is 6.54 Å². The van der Waals surface area contributed by atoms with E-state index in [0.717, 1.165) is 22.0 Å². The van der Waals surface area contributed by atoms with E-state index >= 15 is 0 Å². The molecule has 0 unspecified atom stereocenters. The molecule has 0 saturated carbocycles. The number of nitrogens with zero attached hydrogens (tertiary/aromatic N) is 2. The highest BCUT2D eigenvalue weighted by Crippen LogP contribution is 2.32. The number of nitrogens with one attached hydrogen (secondary N) is 2. The van der Waals surface area contributed by atoms with E-state index in [0.29, 0.717) is 27.3 Å². The Morgan fingerprint density at radius 3 is 3.00 bits per heavy atom. The van der Waals surface area contributed by atoms with Gasteiger partial charge in [0.2, 0.25) is 5.91 Å². The summed E-state index contributed by atoms with van der Waals surface area (Å²) in [5.74, 6) is -0.438. The summed E-state index contributed by atoms with van der Waals surface area (Å²) >= 11 is 7.53. The molecule has 0 spiro atoms. The van der Waals surface area contributed by atoms with Crippen molar-refractivity contribution in [2.75, 3.05) is 13.7 Å². The van der Waals surface area contributed by atoms with Gasteiger partial charge in [-0.15, -0.1) is 0 Å². The molecule has 2 aromatic carbocycles. The molecule has 32 heavy (non-hydrogen) atoms. The van der Waals surface area contributed by atoms with Crippen LogP contribution in [0.2, 0.25) is 5.02 Å². The van der Waals surface area contributed by atoms with E-state index in [4.69, 9.17) is 16.3 Å². The zero-order valence-electron chi connectivity index (χ0n) is 17.1. The van der Waals surface area contributed by atoms with Gasteiger partial charge in [0.15, 0.2) is 5.17 Å². The number of thioether (sulfide) groups is 1. The quantitative estimate of drug-likeness (QED) is 0.535. The van der Waals surface area contributed by atoms with Crippen LogP contribution in [0.4, 0.5) is 5.69 Å². The molecule has 2 heterocycles. The van der Waals surface area contributed by atoms with E-state index in [1.807, 2.05) is 36.4 Å². The van der Waals surface area contributed by atoms with Crippen molar-refractivity contribution in [3.8, 4) is 0 Å². The second kappa shape index (κ2) is 9.95. The smallest absolute Gasteiger partial charge is 0.264 e. The first-order valence-electron chi connectivity index (χ1n) is 9.70. The van der Waals surface area contributed by atoms with E-state index in [1.165, 1.54) is 18.9 Å². The summed E-state index contributed by atoms with van der Waals surface area (Å²) in [6.45, 7) is 0.312. The van der Waals surface area contributed by atoms with Gasteiger partial charge < -0.3 is 15.4 Å². The third-order valence-corrected chi connectivity index (χ3v) is 5.80. The predicted molar refractivity (Wildman–Crippen MR) is 128 cm³/mol. The highest BCUT2D eigenvalue weighted by atomic mass is 35.5. The van der Waals surface area contributed by atoms with Crippen LogP contribution in [0.15, 0.2) is 64.6 Å². The van der Waals surface area contributed by atoms with Crippen LogP contribution < -0.4 is 10.6 Å². The average molecular weight is 467 g/mol. The predicted octanol–water partition coefficient (Wildman–Crippen LogP) is 4.04. The number of benzene rings is 2. The Hall–Kier alpha value is -3.20. The molecule has 2 amide bonds. The third kappa shape index (κ3) is 5.34. The van der Waals surface area contributed by atoms with Gasteiger partial charge in [-0.1, -0.05) is 29.8 Å². The number of amidine groups is 1. The molecule has 2 N–H and O–H groups in total. The molecule has 162 valence electrons. The van der Waals surface area contributed by atoms with Crippen molar-refractivity contribution < 1.29 is 14.3 Å². The van der Waals surface area contributed by atoms with E-state index in [1.54, 1.807) is 24.4 Å². The number of hydrogen-bond donors (Lipinski definition) is 2. The largest absolute Gasteiger partial charge is 0.375 e. The number of pyridine rings is 1. The van der Waals surface area contributed by atoms with E-state index in [-0.39, 0.29) is 18.4 Å². The number of carbonyl (C=O) groups is 2. The maximum absolute atomic E-state index is 12.4. The van der Waals surface area contributed by atoms with Crippen molar-refractivity contribution in [1.82, 2.24) is 15.6 Å². The van der Waals surface area contributed by atoms with Crippen LogP contribution in [0.1, 0.15) is 11.1 Å². The fourth-order valence-electron chi connectivity index (χ4n) is 3.06. The number of carbonyl (C=O) groups excluding carboxylic acids is 2. The van der Waals surface area contributed by atoms with E-state index in [9.17, 15) is 9.59 Å². The van der Waals surface area contributed by atoms with Crippen LogP contribution in [-0.4, -0.2) is 35.7 Å². The Bertz CT molecular complexity index is 1260. The number of methoxy groups -OCH3 is 1. The molecule has 0 aliphatic carbocycles. The molecule has 1 saturated heterocycles. The topological polar surface area (TPSA) is 92.7 Å². The molecule has 0 atom stereocenters. The number of hydrogen-bond acceptors (Lipinski definition) is 6. The van der Waals surface area contributed by atoms with Gasteiger partial charge in [0, 0.05) is 25.2 Å². The highest BCUT2D eigenvalue weighted by Gasteiger charge is 2.24. The summed E-state index contributed by atoms with van der Waals surface area (Å²) in [4.78, 5) is 33.4. The summed E-state index contributed by atoms with van der Waals surface area (Å²) in [5.41, 5.74) is 3.13. The minimum atomic E-state index is -0.223. The minimum absolute atomic E-state index is 0.00570. The molecule has 4 rings (SSSR count). The summed E-state index contributed by atoms with van der Waals surface area (Å²) in [6, 6.07) is 15.0. The van der Waals surface area contributed by atoms with Crippen molar-refractivity contribution >= 4 is 63.0 Å². The lowest BCUT2D eigenvalue weighted by Gasteiger charge is -2.07. The third-order valence-electron chi connectivity index (χ3n) is 4.57. The lowest BCUT2D eigenvalue weighted by Crippen LogP contribution is -2.26. The summed E-state index contributed by atoms with van der Waals surface area (Å²) in [6.07, 6.45) is 3.56. The molecule has 0 radical (unpaired) electrons. The van der Waals surface area contributed by atoms with Gasteiger partial charge in [0.1, 0.15) is 6.61 Å². The van der Waals surface area contributed by atoms with Crippen LogP contribution in [0.3, 0.4) is 0 Å². The molecule has 0 bridgehead atoms.